The quantitative estimate of drug-likeness (QED) is 0.798. The van der Waals surface area contributed by atoms with E-state index in [9.17, 15) is 18.8 Å². The Kier molecular flexibility index (Phi) is 4.85. The van der Waals surface area contributed by atoms with E-state index in [-0.39, 0.29) is 28.3 Å². The van der Waals surface area contributed by atoms with Crippen LogP contribution in [-0.2, 0) is 14.3 Å². The molecule has 1 unspecified atom stereocenters. The zero-order valence-corrected chi connectivity index (χ0v) is 13.3. The molecule has 1 atom stereocenters. The van der Waals surface area contributed by atoms with Crippen LogP contribution in [-0.4, -0.2) is 35.9 Å². The van der Waals surface area contributed by atoms with Gasteiger partial charge in [0.25, 0.3) is 0 Å². The number of nitrogens with zero attached hydrogens (tertiary/aromatic N) is 1. The molecule has 5 nitrogen and oxygen atoms in total. The van der Waals surface area contributed by atoms with E-state index >= 15 is 0 Å². The van der Waals surface area contributed by atoms with Crippen LogP contribution in [0.3, 0.4) is 0 Å². The first-order chi connectivity index (χ1) is 10.3. The van der Waals surface area contributed by atoms with Gasteiger partial charge in [-0.05, 0) is 24.6 Å². The molecule has 1 aliphatic rings. The van der Waals surface area contributed by atoms with Gasteiger partial charge in [-0.2, -0.15) is 0 Å². The molecule has 0 spiro atoms. The zero-order valence-electron chi connectivity index (χ0n) is 12.5. The Labute approximate surface area is 131 Å². The molecule has 2 rings (SSSR count). The molecule has 1 heterocycles. The van der Waals surface area contributed by atoms with Gasteiger partial charge in [-0.15, -0.1) is 0 Å². The molecule has 0 N–H and O–H groups in total. The van der Waals surface area contributed by atoms with Crippen molar-refractivity contribution in [2.24, 2.45) is 0 Å². The predicted molar refractivity (Wildman–Crippen MR) is 81.5 cm³/mol. The van der Waals surface area contributed by atoms with Gasteiger partial charge in [0.2, 0.25) is 5.91 Å². The number of aryl methyl sites for hydroxylation is 1. The monoisotopic (exact) mass is 325 g/mol. The molecular formula is C15H16FNO4S. The van der Waals surface area contributed by atoms with Crippen LogP contribution in [0.25, 0.3) is 0 Å². The van der Waals surface area contributed by atoms with Crippen molar-refractivity contribution in [3.05, 3.63) is 29.1 Å². The van der Waals surface area contributed by atoms with Crippen LogP contribution in [0.1, 0.15) is 29.3 Å². The number of benzene rings is 1. The Morgan fingerprint density at radius 1 is 1.41 bits per heavy atom. The minimum atomic E-state index is -0.792. The number of amides is 1. The van der Waals surface area contributed by atoms with E-state index in [2.05, 4.69) is 4.74 Å². The maximum atomic E-state index is 13.8. The molecule has 22 heavy (non-hydrogen) atoms. The van der Waals surface area contributed by atoms with Crippen molar-refractivity contribution in [3.8, 4) is 0 Å². The summed E-state index contributed by atoms with van der Waals surface area (Å²) in [5, 5.41) is -0.179. The second-order valence-electron chi connectivity index (χ2n) is 5.05. The number of anilines is 1. The molecule has 0 bridgehead atoms. The SMILES string of the molecule is COC(=O)c1cc(N2CC(SC(C)=O)CC2=O)c(C)cc1F. The predicted octanol–water partition coefficient (Wildman–Crippen LogP) is 2.31. The van der Waals surface area contributed by atoms with E-state index in [1.165, 1.54) is 31.1 Å². The van der Waals surface area contributed by atoms with Crippen molar-refractivity contribution < 1.29 is 23.5 Å². The number of carbonyl (C=O) groups is 3. The Balaban J connectivity index is 2.34. The lowest BCUT2D eigenvalue weighted by Gasteiger charge is -2.20. The van der Waals surface area contributed by atoms with Gasteiger partial charge in [0.15, 0.2) is 5.12 Å². The summed E-state index contributed by atoms with van der Waals surface area (Å²) >= 11 is 1.12. The summed E-state index contributed by atoms with van der Waals surface area (Å²) in [6.07, 6.45) is 0.245. The maximum Gasteiger partial charge on any atom is 0.340 e. The number of esters is 1. The number of ether oxygens (including phenoxy) is 1. The van der Waals surface area contributed by atoms with E-state index in [0.29, 0.717) is 17.8 Å². The first-order valence-corrected chi connectivity index (χ1v) is 7.57. The maximum absolute atomic E-state index is 13.8. The van der Waals surface area contributed by atoms with Crippen LogP contribution in [0.15, 0.2) is 12.1 Å². The largest absolute Gasteiger partial charge is 0.465 e. The molecule has 1 aromatic carbocycles. The zero-order chi connectivity index (χ0) is 16.4. The van der Waals surface area contributed by atoms with Crippen LogP contribution in [0.5, 0.6) is 0 Å². The molecule has 118 valence electrons. The fourth-order valence-electron chi connectivity index (χ4n) is 2.44. The Morgan fingerprint density at radius 3 is 2.68 bits per heavy atom. The van der Waals surface area contributed by atoms with Gasteiger partial charge < -0.3 is 9.64 Å². The highest BCUT2D eigenvalue weighted by molar-refractivity contribution is 8.14. The van der Waals surface area contributed by atoms with Crippen molar-refractivity contribution in [1.29, 1.82) is 0 Å². The van der Waals surface area contributed by atoms with E-state index < -0.39 is 11.8 Å². The van der Waals surface area contributed by atoms with E-state index in [1.54, 1.807) is 6.92 Å². The van der Waals surface area contributed by atoms with Crippen molar-refractivity contribution in [1.82, 2.24) is 0 Å². The summed E-state index contributed by atoms with van der Waals surface area (Å²) in [6, 6.07) is 2.54. The lowest BCUT2D eigenvalue weighted by Crippen LogP contribution is -2.26. The fourth-order valence-corrected chi connectivity index (χ4v) is 3.36. The first kappa shape index (κ1) is 16.5. The van der Waals surface area contributed by atoms with Crippen LogP contribution >= 0.6 is 11.8 Å². The molecule has 0 aliphatic carbocycles. The van der Waals surface area contributed by atoms with Gasteiger partial charge in [-0.3, -0.25) is 9.59 Å². The van der Waals surface area contributed by atoms with Gasteiger partial charge in [-0.1, -0.05) is 11.8 Å². The smallest absolute Gasteiger partial charge is 0.340 e. The molecule has 7 heteroatoms. The normalized spacial score (nSPS) is 17.7. The van der Waals surface area contributed by atoms with Gasteiger partial charge in [0.05, 0.1) is 12.7 Å². The molecule has 0 radical (unpaired) electrons. The molecule has 1 amide bonds. The average molecular weight is 325 g/mol. The van der Waals surface area contributed by atoms with E-state index in [1.807, 2.05) is 0 Å². The number of halogens is 1. The van der Waals surface area contributed by atoms with Crippen molar-refractivity contribution in [2.75, 3.05) is 18.6 Å². The minimum Gasteiger partial charge on any atom is -0.465 e. The number of carbonyl (C=O) groups excluding carboxylic acids is 3. The Bertz CT molecular complexity index is 647. The number of rotatable bonds is 3. The molecule has 0 aromatic heterocycles. The van der Waals surface area contributed by atoms with Crippen LogP contribution in [0.2, 0.25) is 0 Å². The van der Waals surface area contributed by atoms with Crippen LogP contribution in [0.4, 0.5) is 10.1 Å². The molecule has 1 aromatic rings. The molecule has 0 saturated carbocycles. The van der Waals surface area contributed by atoms with Gasteiger partial charge in [-0.25, -0.2) is 9.18 Å². The topological polar surface area (TPSA) is 63.7 Å². The van der Waals surface area contributed by atoms with Crippen LogP contribution in [0, 0.1) is 12.7 Å². The second kappa shape index (κ2) is 6.48. The number of hydrogen-bond donors (Lipinski definition) is 0. The Morgan fingerprint density at radius 2 is 2.09 bits per heavy atom. The minimum absolute atomic E-state index is 0.0503. The van der Waals surface area contributed by atoms with Gasteiger partial charge in [0, 0.05) is 30.8 Å². The number of methoxy groups -OCH3 is 1. The summed E-state index contributed by atoms with van der Waals surface area (Å²) in [7, 11) is 1.17. The molecule has 1 fully saturated rings. The lowest BCUT2D eigenvalue weighted by atomic mass is 10.1. The highest BCUT2D eigenvalue weighted by Crippen LogP contribution is 2.32. The average Bonchev–Trinajstić information content (AvgIpc) is 2.78. The lowest BCUT2D eigenvalue weighted by molar-refractivity contribution is -0.117. The fraction of sp³-hybridized carbons (Fsp3) is 0.400. The van der Waals surface area contributed by atoms with Gasteiger partial charge in [0.1, 0.15) is 5.82 Å². The summed E-state index contributed by atoms with van der Waals surface area (Å²) in [5.74, 6) is -1.63. The highest BCUT2D eigenvalue weighted by atomic mass is 32.2. The van der Waals surface area contributed by atoms with Crippen molar-refractivity contribution in [3.63, 3.8) is 0 Å². The van der Waals surface area contributed by atoms with Crippen molar-refractivity contribution in [2.45, 2.75) is 25.5 Å². The second-order valence-corrected chi connectivity index (χ2v) is 6.53. The number of hydrogen-bond acceptors (Lipinski definition) is 5. The van der Waals surface area contributed by atoms with Gasteiger partial charge >= 0.3 is 5.97 Å². The third-order valence-corrected chi connectivity index (χ3v) is 4.38. The third-order valence-electron chi connectivity index (χ3n) is 3.40. The van der Waals surface area contributed by atoms with E-state index in [4.69, 9.17) is 0 Å². The van der Waals surface area contributed by atoms with Crippen LogP contribution < -0.4 is 4.90 Å². The summed E-state index contributed by atoms with van der Waals surface area (Å²) in [4.78, 5) is 36.4. The molecule has 1 saturated heterocycles. The summed E-state index contributed by atoms with van der Waals surface area (Å²) < 4.78 is 18.4. The summed E-state index contributed by atoms with van der Waals surface area (Å²) in [6.45, 7) is 3.48. The molecular weight excluding hydrogens is 309 g/mol. The third kappa shape index (κ3) is 3.30. The highest BCUT2D eigenvalue weighted by Gasteiger charge is 2.33. The van der Waals surface area contributed by atoms with Crippen molar-refractivity contribution >= 4 is 34.4 Å². The standard InChI is InChI=1S/C15H16FNO4S/c1-8-4-12(16)11(15(20)21-3)6-13(8)17-7-10(5-14(17)19)22-9(2)18/h4,6,10H,5,7H2,1-3H3. The summed E-state index contributed by atoms with van der Waals surface area (Å²) in [5.41, 5.74) is 0.809. The Hall–Kier alpha value is -1.89. The number of thioether (sulfide) groups is 1. The first-order valence-electron chi connectivity index (χ1n) is 6.69. The molecule has 1 aliphatic heterocycles. The van der Waals surface area contributed by atoms with E-state index in [0.717, 1.165) is 11.8 Å².